The second-order valence-corrected chi connectivity index (χ2v) is 7.22. The number of carbonyl (C=O) groups is 1. The fraction of sp³-hybridized carbons (Fsp3) is 0.500. The number of aromatic nitrogens is 2. The Bertz CT molecular complexity index is 761. The molecule has 3 rings (SSSR count). The first kappa shape index (κ1) is 18.6. The van der Waals surface area contributed by atoms with Gasteiger partial charge >= 0.3 is 0 Å². The lowest BCUT2D eigenvalue weighted by molar-refractivity contribution is -0.136. The number of hydrogen-bond donors (Lipinski definition) is 2. The minimum Gasteiger partial charge on any atom is -0.381 e. The summed E-state index contributed by atoms with van der Waals surface area (Å²) in [5, 5.41) is 7.64. The Hall–Kier alpha value is -2.18. The molecule has 140 valence electrons. The van der Waals surface area contributed by atoms with Crippen LogP contribution in [0.1, 0.15) is 42.8 Å². The van der Waals surface area contributed by atoms with E-state index in [1.165, 1.54) is 0 Å². The second kappa shape index (κ2) is 7.60. The molecule has 3 N–H and O–H groups in total. The number of rotatable bonds is 5. The molecule has 1 unspecified atom stereocenters. The molecule has 1 aliphatic rings. The third-order valence-corrected chi connectivity index (χ3v) is 5.32. The topological polar surface area (TPSA) is 82.2 Å². The van der Waals surface area contributed by atoms with Gasteiger partial charge in [-0.3, -0.25) is 4.79 Å². The van der Waals surface area contributed by atoms with Gasteiger partial charge in [-0.15, -0.1) is 0 Å². The fourth-order valence-electron chi connectivity index (χ4n) is 3.51. The van der Waals surface area contributed by atoms with E-state index >= 15 is 0 Å². The van der Waals surface area contributed by atoms with Crippen LogP contribution in [0, 0.1) is 19.3 Å². The maximum atomic E-state index is 12.8. The summed E-state index contributed by atoms with van der Waals surface area (Å²) in [6.07, 6.45) is 1.36. The van der Waals surface area contributed by atoms with Crippen molar-refractivity contribution in [2.24, 2.45) is 11.1 Å². The highest BCUT2D eigenvalue weighted by Gasteiger charge is 2.39. The van der Waals surface area contributed by atoms with Crippen LogP contribution in [0.5, 0.6) is 0 Å². The molecule has 6 heteroatoms. The number of aryl methyl sites for hydroxylation is 2. The molecule has 2 aromatic rings. The molecular formula is C20H28N4O2. The number of ether oxygens (including phenoxy) is 1. The van der Waals surface area contributed by atoms with Crippen LogP contribution in [0.15, 0.2) is 30.3 Å². The van der Waals surface area contributed by atoms with Gasteiger partial charge in [0.05, 0.1) is 22.8 Å². The van der Waals surface area contributed by atoms with E-state index in [1.807, 2.05) is 49.7 Å². The third kappa shape index (κ3) is 3.66. The van der Waals surface area contributed by atoms with E-state index < -0.39 is 5.41 Å². The summed E-state index contributed by atoms with van der Waals surface area (Å²) in [7, 11) is 0. The molecule has 0 saturated carbocycles. The predicted molar refractivity (Wildman–Crippen MR) is 101 cm³/mol. The Labute approximate surface area is 154 Å². The third-order valence-electron chi connectivity index (χ3n) is 5.32. The molecule has 0 bridgehead atoms. The van der Waals surface area contributed by atoms with Crippen LogP contribution in [0.25, 0.3) is 5.69 Å². The number of hydrogen-bond acceptors (Lipinski definition) is 4. The Balaban J connectivity index is 1.71. The zero-order valence-electron chi connectivity index (χ0n) is 15.8. The predicted octanol–water partition coefficient (Wildman–Crippen LogP) is 2.42. The monoisotopic (exact) mass is 356 g/mol. The SMILES string of the molecule is Cc1cc(C)n(-c2ccc(C(C)NC(=O)C3(CN)CCOCC3)cc2)n1. The molecule has 2 heterocycles. The van der Waals surface area contributed by atoms with Crippen molar-refractivity contribution in [1.82, 2.24) is 15.1 Å². The number of amides is 1. The van der Waals surface area contributed by atoms with Crippen LogP contribution in [0.3, 0.4) is 0 Å². The molecule has 26 heavy (non-hydrogen) atoms. The summed E-state index contributed by atoms with van der Waals surface area (Å²) < 4.78 is 7.31. The van der Waals surface area contributed by atoms with Gasteiger partial charge in [0.25, 0.3) is 0 Å². The molecule has 0 spiro atoms. The second-order valence-electron chi connectivity index (χ2n) is 7.22. The van der Waals surface area contributed by atoms with Crippen molar-refractivity contribution >= 4 is 5.91 Å². The summed E-state index contributed by atoms with van der Waals surface area (Å²) in [5.74, 6) is 0.0263. The van der Waals surface area contributed by atoms with E-state index in [-0.39, 0.29) is 11.9 Å². The lowest BCUT2D eigenvalue weighted by Crippen LogP contribution is -2.49. The minimum absolute atomic E-state index is 0.0263. The van der Waals surface area contributed by atoms with Crippen molar-refractivity contribution in [3.05, 3.63) is 47.3 Å². The molecule has 1 fully saturated rings. The average molecular weight is 356 g/mol. The molecule has 1 aromatic heterocycles. The van der Waals surface area contributed by atoms with Crippen LogP contribution in [-0.2, 0) is 9.53 Å². The van der Waals surface area contributed by atoms with E-state index in [9.17, 15) is 4.79 Å². The Kier molecular flexibility index (Phi) is 5.44. The first-order valence-electron chi connectivity index (χ1n) is 9.17. The largest absolute Gasteiger partial charge is 0.381 e. The number of benzene rings is 1. The van der Waals surface area contributed by atoms with Crippen molar-refractivity contribution in [3.63, 3.8) is 0 Å². The molecule has 6 nitrogen and oxygen atoms in total. The van der Waals surface area contributed by atoms with E-state index in [0.29, 0.717) is 32.6 Å². The summed E-state index contributed by atoms with van der Waals surface area (Å²) in [4.78, 5) is 12.8. The van der Waals surface area contributed by atoms with Crippen molar-refractivity contribution in [2.45, 2.75) is 39.7 Å². The van der Waals surface area contributed by atoms with Gasteiger partial charge in [0.15, 0.2) is 0 Å². The van der Waals surface area contributed by atoms with Crippen molar-refractivity contribution in [2.75, 3.05) is 19.8 Å². The number of nitrogens with two attached hydrogens (primary N) is 1. The van der Waals surface area contributed by atoms with Crippen LogP contribution < -0.4 is 11.1 Å². The van der Waals surface area contributed by atoms with Gasteiger partial charge in [0, 0.05) is 25.5 Å². The van der Waals surface area contributed by atoms with Gasteiger partial charge in [-0.1, -0.05) is 12.1 Å². The van der Waals surface area contributed by atoms with Gasteiger partial charge < -0.3 is 15.8 Å². The quantitative estimate of drug-likeness (QED) is 0.862. The molecule has 0 radical (unpaired) electrons. The maximum Gasteiger partial charge on any atom is 0.228 e. The lowest BCUT2D eigenvalue weighted by Gasteiger charge is -2.35. The minimum atomic E-state index is -0.504. The number of carbonyl (C=O) groups excluding carboxylic acids is 1. The summed E-state index contributed by atoms with van der Waals surface area (Å²) in [6.45, 7) is 7.56. The van der Waals surface area contributed by atoms with Gasteiger partial charge in [-0.2, -0.15) is 5.10 Å². The van der Waals surface area contributed by atoms with Gasteiger partial charge in [0.2, 0.25) is 5.91 Å². The van der Waals surface area contributed by atoms with Gasteiger partial charge in [-0.05, 0) is 57.4 Å². The lowest BCUT2D eigenvalue weighted by atomic mass is 9.79. The molecule has 1 saturated heterocycles. The van der Waals surface area contributed by atoms with E-state index in [1.54, 1.807) is 0 Å². The Morgan fingerprint density at radius 2 is 1.96 bits per heavy atom. The molecule has 1 aliphatic heterocycles. The number of nitrogens with zero attached hydrogens (tertiary/aromatic N) is 2. The van der Waals surface area contributed by atoms with Crippen LogP contribution in [-0.4, -0.2) is 35.4 Å². The van der Waals surface area contributed by atoms with Gasteiger partial charge in [-0.25, -0.2) is 4.68 Å². The van der Waals surface area contributed by atoms with Crippen molar-refractivity contribution in [1.29, 1.82) is 0 Å². The zero-order valence-corrected chi connectivity index (χ0v) is 15.8. The molecule has 0 aliphatic carbocycles. The molecule has 1 atom stereocenters. The first-order chi connectivity index (χ1) is 12.4. The maximum absolute atomic E-state index is 12.8. The molecule has 1 aromatic carbocycles. The summed E-state index contributed by atoms with van der Waals surface area (Å²) >= 11 is 0. The van der Waals surface area contributed by atoms with Crippen LogP contribution in [0.4, 0.5) is 0 Å². The highest BCUT2D eigenvalue weighted by molar-refractivity contribution is 5.83. The van der Waals surface area contributed by atoms with E-state index in [0.717, 1.165) is 22.6 Å². The highest BCUT2D eigenvalue weighted by Crippen LogP contribution is 2.30. The summed E-state index contributed by atoms with van der Waals surface area (Å²) in [6, 6.07) is 10.1. The average Bonchev–Trinajstić information content (AvgIpc) is 3.00. The van der Waals surface area contributed by atoms with E-state index in [4.69, 9.17) is 10.5 Å². The first-order valence-corrected chi connectivity index (χ1v) is 9.17. The van der Waals surface area contributed by atoms with Crippen molar-refractivity contribution in [3.8, 4) is 5.69 Å². The summed E-state index contributed by atoms with van der Waals surface area (Å²) in [5.41, 5.74) is 9.59. The van der Waals surface area contributed by atoms with Gasteiger partial charge in [0.1, 0.15) is 0 Å². The smallest absolute Gasteiger partial charge is 0.228 e. The standard InChI is InChI=1S/C20H28N4O2/c1-14-12-15(2)24(23-14)18-6-4-17(5-7-18)16(3)22-19(25)20(13-21)8-10-26-11-9-20/h4-7,12,16H,8-11,13,21H2,1-3H3,(H,22,25). The normalized spacial score (nSPS) is 17.7. The van der Waals surface area contributed by atoms with E-state index in [2.05, 4.69) is 16.5 Å². The number of nitrogens with one attached hydrogen (secondary N) is 1. The fourth-order valence-corrected chi connectivity index (χ4v) is 3.51. The Morgan fingerprint density at radius 1 is 1.31 bits per heavy atom. The van der Waals surface area contributed by atoms with Crippen molar-refractivity contribution < 1.29 is 9.53 Å². The molecule has 1 amide bonds. The highest BCUT2D eigenvalue weighted by atomic mass is 16.5. The van der Waals surface area contributed by atoms with Crippen LogP contribution >= 0.6 is 0 Å². The molecular weight excluding hydrogens is 328 g/mol. The van der Waals surface area contributed by atoms with Crippen LogP contribution in [0.2, 0.25) is 0 Å². The Morgan fingerprint density at radius 3 is 2.50 bits per heavy atom. The zero-order chi connectivity index (χ0) is 18.7.